The van der Waals surface area contributed by atoms with Gasteiger partial charge in [-0.25, -0.2) is 4.98 Å². The molecule has 10 aromatic carbocycles. The van der Waals surface area contributed by atoms with Crippen LogP contribution in [0, 0.1) is 6.33 Å². The molecule has 8 heteroatoms. The number of nitrogens with zero attached hydrogens (tertiary/aromatic N) is 6. The molecule has 12 aromatic rings. The first-order valence-corrected chi connectivity index (χ1v) is 24.2. The Morgan fingerprint density at radius 3 is 1.62 bits per heavy atom. The van der Waals surface area contributed by atoms with Crippen molar-refractivity contribution in [3.05, 3.63) is 279 Å². The Kier molecular flexibility index (Phi) is 8.20. The number of imidazole rings is 1. The van der Waals surface area contributed by atoms with Crippen molar-refractivity contribution < 1.29 is 23.0 Å². The van der Waals surface area contributed by atoms with Gasteiger partial charge in [0.05, 0.1) is 41.8 Å². The van der Waals surface area contributed by atoms with Crippen LogP contribution in [0.15, 0.2) is 273 Å². The topological polar surface area (TPSA) is 40.7 Å². The van der Waals surface area contributed by atoms with Gasteiger partial charge in [0, 0.05) is 46.1 Å². The maximum absolute atomic E-state index is 9.11. The third kappa shape index (κ3) is 7.22. The molecule has 2 aliphatic rings. The minimum Gasteiger partial charge on any atom is -0.458 e. The summed E-state index contributed by atoms with van der Waals surface area (Å²) in [4.78, 5) is 12.2. The number of hydrogen-bond donors (Lipinski definition) is 0. The molecule has 4 heterocycles. The monoisotopic (exact) mass is 958 g/mol. The molecule has 0 bridgehead atoms. The van der Waals surface area contributed by atoms with Crippen LogP contribution in [-0.4, -0.2) is 16.7 Å². The smallest absolute Gasteiger partial charge is 0.458 e. The summed E-state index contributed by atoms with van der Waals surface area (Å²) in [5, 5.41) is 0. The molecule has 348 valence electrons. The molecule has 0 N–H and O–H groups in total. The van der Waals surface area contributed by atoms with Crippen molar-refractivity contribution in [2.45, 2.75) is 0 Å². The highest BCUT2D eigenvalue weighted by molar-refractivity contribution is 6.77. The van der Waals surface area contributed by atoms with Crippen molar-refractivity contribution in [1.29, 1.82) is 0 Å². The molecule has 7 nitrogen and oxygen atoms in total. The van der Waals surface area contributed by atoms with Gasteiger partial charge in [0.1, 0.15) is 17.3 Å². The summed E-state index contributed by atoms with van der Waals surface area (Å²) in [6.45, 7) is 0. The van der Waals surface area contributed by atoms with E-state index in [4.69, 9.17) is 23.4 Å². The first kappa shape index (κ1) is 33.6. The first-order chi connectivity index (χ1) is 40.9. The van der Waals surface area contributed by atoms with Crippen molar-refractivity contribution >= 4 is 52.4 Å². The van der Waals surface area contributed by atoms with Crippen molar-refractivity contribution in [2.75, 3.05) is 14.4 Å². The van der Waals surface area contributed by atoms with Crippen molar-refractivity contribution in [3.63, 3.8) is 0 Å². The lowest BCUT2D eigenvalue weighted by Gasteiger charge is -2.39. The average molecular weight is 959 g/mol. The number of ether oxygens (including phenoxy) is 1. The van der Waals surface area contributed by atoms with Gasteiger partial charge < -0.3 is 19.2 Å². The second kappa shape index (κ2) is 18.0. The van der Waals surface area contributed by atoms with Gasteiger partial charge in [-0.15, -0.1) is 0 Å². The van der Waals surface area contributed by atoms with Crippen LogP contribution in [-0.2, 0) is 0 Å². The zero-order valence-electron chi connectivity index (χ0n) is 49.4. The summed E-state index contributed by atoms with van der Waals surface area (Å²) in [5.41, 5.74) is 11.0. The molecule has 0 aliphatic carbocycles. The molecule has 0 saturated carbocycles. The second-order valence-electron chi connectivity index (χ2n) is 17.8. The van der Waals surface area contributed by atoms with Crippen LogP contribution >= 0.6 is 0 Å². The molecule has 2 aromatic heterocycles. The number of fused-ring (bicyclic) bond motifs is 10. The van der Waals surface area contributed by atoms with Gasteiger partial charge in [0.25, 0.3) is 6.33 Å². The molecule has 0 spiro atoms. The first-order valence-electron chi connectivity index (χ1n) is 29.2. The fourth-order valence-electron chi connectivity index (χ4n) is 10.5. The fourth-order valence-corrected chi connectivity index (χ4v) is 10.5. The van der Waals surface area contributed by atoms with Crippen LogP contribution in [0.1, 0.15) is 13.7 Å². The lowest BCUT2D eigenvalue weighted by Crippen LogP contribution is -2.56. The minimum atomic E-state index is -0.573. The van der Waals surface area contributed by atoms with Crippen LogP contribution < -0.4 is 23.7 Å². The lowest BCUT2D eigenvalue weighted by molar-refractivity contribution is -0.571. The predicted molar refractivity (Wildman–Crippen MR) is 301 cm³/mol. The van der Waals surface area contributed by atoms with E-state index >= 15 is 0 Å². The molecule has 0 radical (unpaired) electrons. The molecule has 0 unspecified atom stereocenters. The standard InChI is InChI=1S/C66H45BN6O/c1-4-22-47(23-5-1)54-36-20-37-55(48-24-6-2-7-25-48)65(54)70-46-69(62-40-16-17-41-63(62)70)50-28-18-30-52(44-50)74-53-31-19-29-51(45-53)72-66-64(42-21-43-68-66)73-61-39-15-13-35-59(61)57-33-11-10-32-56(57)58-34-12-14-38-60(58)71(67(72)73)49-26-8-3-9-27-49/h1-45H/i1D,2D,4D,5D,6D,7D,22D,23D,24D,25D. The fraction of sp³-hybridized carbons (Fsp3) is 0. The Bertz CT molecular complexity index is 4520. The second-order valence-corrected chi connectivity index (χ2v) is 17.8. The summed E-state index contributed by atoms with van der Waals surface area (Å²) in [5.74, 6) is 1.77. The van der Waals surface area contributed by atoms with Crippen molar-refractivity contribution in [3.8, 4) is 67.4 Å². The summed E-state index contributed by atoms with van der Waals surface area (Å²) in [6, 6.07) is 62.5. The molecule has 14 rings (SSSR count). The Labute approximate surface area is 444 Å². The summed E-state index contributed by atoms with van der Waals surface area (Å²) >= 11 is 0. The van der Waals surface area contributed by atoms with E-state index in [-0.39, 0.29) is 27.9 Å². The normalized spacial score (nSPS) is 14.4. The number of pyridine rings is 1. The zero-order chi connectivity index (χ0) is 57.7. The van der Waals surface area contributed by atoms with Crippen LogP contribution in [0.25, 0.3) is 66.9 Å². The SMILES string of the molecule is [2H]c1c([2H])c([2H])c(-c2cccc(-c3c([2H])c([2H])c([2H])c([2H])c3[2H])c2-[n+]2[c-]n(-c3cccc(Oc4cccc(N5B6N(c7ccccc7)c7ccccc7-c7ccccc7-c7ccccc7N6c6cccnc65)c4)c3)c3ccccc32)c([2H])c1[2H]. The quantitative estimate of drug-likeness (QED) is 0.0862. The third-order valence-corrected chi connectivity index (χ3v) is 13.6. The molecule has 0 atom stereocenters. The largest absolute Gasteiger partial charge is 0.520 e. The van der Waals surface area contributed by atoms with E-state index < -0.39 is 67.5 Å². The number of aromatic nitrogens is 3. The number of para-hydroxylation sites is 6. The Morgan fingerprint density at radius 2 is 0.946 bits per heavy atom. The van der Waals surface area contributed by atoms with Gasteiger partial charge in [-0.2, -0.15) is 0 Å². The summed E-state index contributed by atoms with van der Waals surface area (Å²) in [7, 11) is -0.539. The number of rotatable bonds is 8. The van der Waals surface area contributed by atoms with Crippen LogP contribution in [0.3, 0.4) is 0 Å². The molecular weight excluding hydrogens is 904 g/mol. The molecule has 0 saturated heterocycles. The highest BCUT2D eigenvalue weighted by Crippen LogP contribution is 2.54. The third-order valence-electron chi connectivity index (χ3n) is 13.6. The minimum absolute atomic E-state index is 0.139. The van der Waals surface area contributed by atoms with Gasteiger partial charge in [0.15, 0.2) is 0 Å². The van der Waals surface area contributed by atoms with Gasteiger partial charge in [0.2, 0.25) is 0 Å². The van der Waals surface area contributed by atoms with Gasteiger partial charge in [-0.1, -0.05) is 194 Å². The Hall–Kier alpha value is -9.92. The Morgan fingerprint density at radius 1 is 0.432 bits per heavy atom. The maximum atomic E-state index is 9.11. The zero-order valence-corrected chi connectivity index (χ0v) is 39.4. The molecule has 0 amide bonds. The lowest BCUT2D eigenvalue weighted by atomic mass is 9.81. The summed E-state index contributed by atoms with van der Waals surface area (Å²) < 4.78 is 98.1. The molecule has 0 fully saturated rings. The van der Waals surface area contributed by atoms with E-state index in [1.54, 1.807) is 27.3 Å². The molecular formula is C66H45BN6O. The predicted octanol–water partition coefficient (Wildman–Crippen LogP) is 16.0. The van der Waals surface area contributed by atoms with E-state index in [0.29, 0.717) is 28.2 Å². The molecule has 74 heavy (non-hydrogen) atoms. The van der Waals surface area contributed by atoms with E-state index in [2.05, 4.69) is 130 Å². The highest BCUT2D eigenvalue weighted by Gasteiger charge is 2.50. The molecule has 2 aliphatic heterocycles. The van der Waals surface area contributed by atoms with Gasteiger partial charge in [-0.3, -0.25) is 9.13 Å². The van der Waals surface area contributed by atoms with E-state index in [1.165, 1.54) is 0 Å². The maximum Gasteiger partial charge on any atom is 0.520 e. The van der Waals surface area contributed by atoms with Crippen LogP contribution in [0.5, 0.6) is 11.5 Å². The number of hydrogen-bond acceptors (Lipinski definition) is 5. The van der Waals surface area contributed by atoms with E-state index in [0.717, 1.165) is 56.5 Å². The summed E-state index contributed by atoms with van der Waals surface area (Å²) in [6.07, 6.45) is 5.30. The van der Waals surface area contributed by atoms with Crippen LogP contribution in [0.4, 0.5) is 34.3 Å². The highest BCUT2D eigenvalue weighted by atomic mass is 16.5. The van der Waals surface area contributed by atoms with E-state index in [1.807, 2.05) is 85.1 Å². The van der Waals surface area contributed by atoms with Crippen LogP contribution in [0.2, 0.25) is 0 Å². The number of benzene rings is 10. The average Bonchev–Trinajstić information content (AvgIpc) is 1.89. The van der Waals surface area contributed by atoms with Gasteiger partial charge >= 0.3 is 7.12 Å². The number of anilines is 6. The Balaban J connectivity index is 0.910. The van der Waals surface area contributed by atoms with Gasteiger partial charge in [-0.05, 0) is 100 Å². The van der Waals surface area contributed by atoms with Crippen molar-refractivity contribution in [2.24, 2.45) is 0 Å². The van der Waals surface area contributed by atoms with Crippen molar-refractivity contribution in [1.82, 2.24) is 9.55 Å². The van der Waals surface area contributed by atoms with E-state index in [9.17, 15) is 0 Å².